The van der Waals surface area contributed by atoms with Crippen LogP contribution in [-0.2, 0) is 21.6 Å². The van der Waals surface area contributed by atoms with E-state index in [0.29, 0.717) is 19.6 Å². The van der Waals surface area contributed by atoms with Crippen molar-refractivity contribution in [1.29, 1.82) is 0 Å². The van der Waals surface area contributed by atoms with Crippen LogP contribution < -0.4 is 0 Å². The number of hydrogen-bond acceptors (Lipinski definition) is 3. The molecule has 130 valence electrons. The van der Waals surface area contributed by atoms with Gasteiger partial charge in [0.15, 0.2) is 0 Å². The van der Waals surface area contributed by atoms with E-state index in [4.69, 9.17) is 4.74 Å². The van der Waals surface area contributed by atoms with E-state index >= 15 is 0 Å². The normalized spacial score (nSPS) is 13.0. The Morgan fingerprint density at radius 1 is 1.00 bits per heavy atom. The van der Waals surface area contributed by atoms with Gasteiger partial charge in [-0.05, 0) is 31.6 Å². The Morgan fingerprint density at radius 3 is 2.04 bits per heavy atom. The number of likely N-dealkylation sites (N-methyl/N-ethyl adjacent to an activating group) is 1. The standard InChI is InChI=1S/C20H25NO2.ClH/c1-4-20(16-21(2)3,18-13-9-6-10-14-18)19(22)23-15-17-11-7-5-8-12-17;/h5-14H,4,15-16H2,1-3H3;1H. The molecule has 0 bridgehead atoms. The second-order valence-corrected chi connectivity index (χ2v) is 6.10. The lowest BCUT2D eigenvalue weighted by Crippen LogP contribution is -2.45. The van der Waals surface area contributed by atoms with E-state index < -0.39 is 5.41 Å². The first-order chi connectivity index (χ1) is 11.1. The number of benzene rings is 2. The van der Waals surface area contributed by atoms with Gasteiger partial charge < -0.3 is 9.64 Å². The lowest BCUT2D eigenvalue weighted by molar-refractivity contribution is -0.153. The monoisotopic (exact) mass is 347 g/mol. The molecule has 2 aromatic carbocycles. The van der Waals surface area contributed by atoms with Gasteiger partial charge in [0.25, 0.3) is 0 Å². The Bertz CT molecular complexity index is 616. The first-order valence-corrected chi connectivity index (χ1v) is 8.00. The van der Waals surface area contributed by atoms with Crippen molar-refractivity contribution in [3.63, 3.8) is 0 Å². The van der Waals surface area contributed by atoms with Crippen molar-refractivity contribution in [2.45, 2.75) is 25.4 Å². The Labute approximate surface area is 151 Å². The molecular formula is C20H26ClNO2. The highest BCUT2D eigenvalue weighted by molar-refractivity contribution is 5.85. The van der Waals surface area contributed by atoms with E-state index in [0.717, 1.165) is 11.1 Å². The molecular weight excluding hydrogens is 322 g/mol. The minimum absolute atomic E-state index is 0. The van der Waals surface area contributed by atoms with Gasteiger partial charge in [0.2, 0.25) is 0 Å². The summed E-state index contributed by atoms with van der Waals surface area (Å²) >= 11 is 0. The zero-order valence-electron chi connectivity index (χ0n) is 14.6. The number of rotatable bonds is 7. The van der Waals surface area contributed by atoms with Crippen LogP contribution in [0.3, 0.4) is 0 Å². The molecule has 2 aromatic rings. The predicted octanol–water partition coefficient (Wildman–Crippen LogP) is 4.06. The molecule has 2 rings (SSSR count). The van der Waals surface area contributed by atoms with E-state index in [1.165, 1.54) is 0 Å². The fourth-order valence-electron chi connectivity index (χ4n) is 2.89. The Kier molecular flexibility index (Phi) is 7.96. The minimum Gasteiger partial charge on any atom is -0.460 e. The number of halogens is 1. The summed E-state index contributed by atoms with van der Waals surface area (Å²) in [5.41, 5.74) is 1.37. The second kappa shape index (κ2) is 9.45. The summed E-state index contributed by atoms with van der Waals surface area (Å²) in [5.74, 6) is -0.163. The molecule has 0 aliphatic carbocycles. The van der Waals surface area contributed by atoms with Gasteiger partial charge in [-0.25, -0.2) is 0 Å². The van der Waals surface area contributed by atoms with Crippen LogP contribution in [0.15, 0.2) is 60.7 Å². The van der Waals surface area contributed by atoms with Crippen molar-refractivity contribution in [3.05, 3.63) is 71.8 Å². The van der Waals surface area contributed by atoms with Crippen molar-refractivity contribution in [1.82, 2.24) is 4.90 Å². The average molecular weight is 348 g/mol. The fraction of sp³-hybridized carbons (Fsp3) is 0.350. The Hall–Kier alpha value is -1.84. The topological polar surface area (TPSA) is 29.5 Å². The van der Waals surface area contributed by atoms with Gasteiger partial charge >= 0.3 is 5.97 Å². The summed E-state index contributed by atoms with van der Waals surface area (Å²) in [4.78, 5) is 15.0. The number of hydrogen-bond donors (Lipinski definition) is 0. The molecule has 0 heterocycles. The minimum atomic E-state index is -0.639. The summed E-state index contributed by atoms with van der Waals surface area (Å²) < 4.78 is 5.67. The van der Waals surface area contributed by atoms with E-state index in [1.807, 2.05) is 86.6 Å². The molecule has 4 heteroatoms. The molecule has 0 saturated carbocycles. The largest absolute Gasteiger partial charge is 0.460 e. The number of carbonyl (C=O) groups is 1. The first kappa shape index (κ1) is 20.2. The third-order valence-electron chi connectivity index (χ3n) is 4.12. The third kappa shape index (κ3) is 4.83. The van der Waals surface area contributed by atoms with E-state index in [1.54, 1.807) is 0 Å². The van der Waals surface area contributed by atoms with Gasteiger partial charge in [-0.15, -0.1) is 12.4 Å². The van der Waals surface area contributed by atoms with Gasteiger partial charge in [-0.1, -0.05) is 67.6 Å². The maximum Gasteiger partial charge on any atom is 0.318 e. The van der Waals surface area contributed by atoms with Gasteiger partial charge in [-0.2, -0.15) is 0 Å². The second-order valence-electron chi connectivity index (χ2n) is 6.10. The molecule has 0 fully saturated rings. The maximum absolute atomic E-state index is 13.0. The van der Waals surface area contributed by atoms with E-state index in [-0.39, 0.29) is 18.4 Å². The lowest BCUT2D eigenvalue weighted by Gasteiger charge is -2.33. The molecule has 0 aliphatic rings. The van der Waals surface area contributed by atoms with Crippen LogP contribution >= 0.6 is 12.4 Å². The predicted molar refractivity (Wildman–Crippen MR) is 100 cm³/mol. The van der Waals surface area contributed by atoms with E-state index in [9.17, 15) is 4.79 Å². The number of nitrogens with zero attached hydrogens (tertiary/aromatic N) is 1. The van der Waals surface area contributed by atoms with Crippen LogP contribution in [0.5, 0.6) is 0 Å². The smallest absolute Gasteiger partial charge is 0.318 e. The molecule has 1 unspecified atom stereocenters. The van der Waals surface area contributed by atoms with Gasteiger partial charge in [0, 0.05) is 6.54 Å². The van der Waals surface area contributed by atoms with Crippen molar-refractivity contribution in [3.8, 4) is 0 Å². The van der Waals surface area contributed by atoms with Crippen LogP contribution in [0.25, 0.3) is 0 Å². The van der Waals surface area contributed by atoms with Gasteiger partial charge in [0.05, 0.1) is 0 Å². The molecule has 0 N–H and O–H groups in total. The van der Waals surface area contributed by atoms with Gasteiger partial charge in [-0.3, -0.25) is 4.79 Å². The van der Waals surface area contributed by atoms with Crippen LogP contribution in [0, 0.1) is 0 Å². The molecule has 0 aliphatic heterocycles. The van der Waals surface area contributed by atoms with Crippen LogP contribution in [0.4, 0.5) is 0 Å². The summed E-state index contributed by atoms with van der Waals surface area (Å²) in [6, 6.07) is 19.7. The summed E-state index contributed by atoms with van der Waals surface area (Å²) in [7, 11) is 3.97. The summed E-state index contributed by atoms with van der Waals surface area (Å²) in [6.45, 7) is 2.98. The zero-order chi connectivity index (χ0) is 16.7. The Morgan fingerprint density at radius 2 is 1.54 bits per heavy atom. The molecule has 24 heavy (non-hydrogen) atoms. The maximum atomic E-state index is 13.0. The number of carbonyl (C=O) groups excluding carboxylic acids is 1. The number of ether oxygens (including phenoxy) is 1. The zero-order valence-corrected chi connectivity index (χ0v) is 15.4. The van der Waals surface area contributed by atoms with Gasteiger partial charge in [0.1, 0.15) is 12.0 Å². The fourth-order valence-corrected chi connectivity index (χ4v) is 2.89. The van der Waals surface area contributed by atoms with Crippen molar-refractivity contribution < 1.29 is 9.53 Å². The van der Waals surface area contributed by atoms with Crippen LogP contribution in [0.2, 0.25) is 0 Å². The average Bonchev–Trinajstić information content (AvgIpc) is 2.59. The van der Waals surface area contributed by atoms with Crippen LogP contribution in [0.1, 0.15) is 24.5 Å². The van der Waals surface area contributed by atoms with Crippen molar-refractivity contribution >= 4 is 18.4 Å². The molecule has 3 nitrogen and oxygen atoms in total. The van der Waals surface area contributed by atoms with Crippen molar-refractivity contribution in [2.75, 3.05) is 20.6 Å². The first-order valence-electron chi connectivity index (χ1n) is 8.00. The quantitative estimate of drug-likeness (QED) is 0.707. The molecule has 0 aromatic heterocycles. The summed E-state index contributed by atoms with van der Waals surface area (Å²) in [6.07, 6.45) is 0.697. The SMILES string of the molecule is CCC(CN(C)C)(C(=O)OCc1ccccc1)c1ccccc1.Cl. The number of esters is 1. The van der Waals surface area contributed by atoms with Crippen LogP contribution in [-0.4, -0.2) is 31.5 Å². The molecule has 0 amide bonds. The van der Waals surface area contributed by atoms with Crippen molar-refractivity contribution in [2.24, 2.45) is 0 Å². The molecule has 0 radical (unpaired) electrons. The highest BCUT2D eigenvalue weighted by atomic mass is 35.5. The molecule has 0 spiro atoms. The highest BCUT2D eigenvalue weighted by Crippen LogP contribution is 2.31. The Balaban J connectivity index is 0.00000288. The molecule has 0 saturated heterocycles. The molecule has 1 atom stereocenters. The lowest BCUT2D eigenvalue weighted by atomic mass is 9.77. The van der Waals surface area contributed by atoms with E-state index in [2.05, 4.69) is 0 Å². The third-order valence-corrected chi connectivity index (χ3v) is 4.12. The highest BCUT2D eigenvalue weighted by Gasteiger charge is 2.40. The summed E-state index contributed by atoms with van der Waals surface area (Å²) in [5, 5.41) is 0.